The first-order valence-corrected chi connectivity index (χ1v) is 35.8. The number of carbonyl (C=O) groups is 2. The Morgan fingerprint density at radius 3 is 2.22 bits per heavy atom. The van der Waals surface area contributed by atoms with Crippen LogP contribution in [0.15, 0.2) is 135 Å². The number of benzene rings is 5. The summed E-state index contributed by atoms with van der Waals surface area (Å²) in [5.41, 5.74) is 5.47. The average molecular weight is 1310 g/mol. The van der Waals surface area contributed by atoms with E-state index in [9.17, 15) is 43.9 Å². The van der Waals surface area contributed by atoms with Crippen molar-refractivity contribution >= 4 is 144 Å². The van der Waals surface area contributed by atoms with E-state index in [4.69, 9.17) is 32.4 Å². The summed E-state index contributed by atoms with van der Waals surface area (Å²) >= 11 is 16.1. The first kappa shape index (κ1) is 64.2. The number of nitrogens with zero attached hydrogens (tertiary/aromatic N) is 4. The lowest BCUT2D eigenvalue weighted by atomic mass is 10.1. The van der Waals surface area contributed by atoms with Gasteiger partial charge in [0.1, 0.15) is 4.70 Å². The van der Waals surface area contributed by atoms with Gasteiger partial charge in [0, 0.05) is 82.6 Å². The summed E-state index contributed by atoms with van der Waals surface area (Å²) in [4.78, 5) is 32.2. The number of carbonyl (C=O) groups excluding carboxylic acids is 2. The Morgan fingerprint density at radius 1 is 0.756 bits per heavy atom. The van der Waals surface area contributed by atoms with Crippen molar-refractivity contribution in [3.05, 3.63) is 152 Å². The molecule has 0 radical (unpaired) electrons. The number of ether oxygens (including phenoxy) is 1. The van der Waals surface area contributed by atoms with Crippen molar-refractivity contribution in [2.45, 2.75) is 109 Å². The minimum absolute atomic E-state index is 0.0688. The Morgan fingerprint density at radius 2 is 1.48 bits per heavy atom. The smallest absolute Gasteiger partial charge is 0.374 e. The van der Waals surface area contributed by atoms with E-state index >= 15 is 0 Å². The van der Waals surface area contributed by atoms with E-state index in [2.05, 4.69) is 32.5 Å². The molecule has 2 aromatic heterocycles. The molecule has 0 aliphatic carbocycles. The van der Waals surface area contributed by atoms with Crippen molar-refractivity contribution in [3.63, 3.8) is 0 Å². The molecule has 25 heteroatoms. The Hall–Kier alpha value is -6.28. The zero-order chi connectivity index (χ0) is 61.5. The number of nitrogens with one attached hydrogen (secondary N) is 2. The molecule has 86 heavy (non-hydrogen) atoms. The van der Waals surface area contributed by atoms with Crippen LogP contribution in [0, 0.1) is 0 Å². The van der Waals surface area contributed by atoms with Gasteiger partial charge in [-0.15, -0.1) is 0 Å². The van der Waals surface area contributed by atoms with E-state index in [0.29, 0.717) is 89.6 Å². The number of allylic oxidation sites excluding steroid dienone is 4. The Kier molecular flexibility index (Phi) is 20.8. The van der Waals surface area contributed by atoms with Crippen LogP contribution in [0.4, 0.5) is 11.4 Å². The second kappa shape index (κ2) is 27.8. The minimum atomic E-state index is -4.47. The Labute approximate surface area is 519 Å². The highest BCUT2D eigenvalue weighted by molar-refractivity contribution is 8.03. The molecule has 1 unspecified atom stereocenters. The molecule has 2 N–H and O–H groups in total. The molecule has 9 rings (SSSR count). The first-order valence-electron chi connectivity index (χ1n) is 28.3. The van der Waals surface area contributed by atoms with Crippen LogP contribution >= 0.6 is 46.3 Å². The van der Waals surface area contributed by atoms with Gasteiger partial charge in [-0.3, -0.25) is 14.9 Å². The van der Waals surface area contributed by atoms with Crippen molar-refractivity contribution in [1.29, 1.82) is 0 Å². The normalized spacial score (nSPS) is 15.3. The van der Waals surface area contributed by atoms with Gasteiger partial charge in [-0.05, 0) is 122 Å². The number of thioether (sulfide) groups is 1. The number of fused-ring (bicyclic) bond motifs is 6. The quantitative estimate of drug-likeness (QED) is 0.0276. The van der Waals surface area contributed by atoms with E-state index in [1.54, 1.807) is 47.7 Å². The van der Waals surface area contributed by atoms with Gasteiger partial charge in [-0.2, -0.15) is 9.13 Å². The van der Waals surface area contributed by atoms with Crippen LogP contribution in [-0.4, -0.2) is 77.0 Å². The van der Waals surface area contributed by atoms with Crippen molar-refractivity contribution in [2.24, 2.45) is 0 Å². The lowest BCUT2D eigenvalue weighted by Gasteiger charge is -2.21. The molecule has 2 amide bonds. The van der Waals surface area contributed by atoms with Gasteiger partial charge >= 0.3 is 5.89 Å². The summed E-state index contributed by atoms with van der Waals surface area (Å²) < 4.78 is 114. The number of hydrogen-bond acceptors (Lipinski definition) is 16. The van der Waals surface area contributed by atoms with Gasteiger partial charge in [-0.25, -0.2) is 30.0 Å². The monoisotopic (exact) mass is 1300 g/mol. The van der Waals surface area contributed by atoms with Crippen LogP contribution in [0.5, 0.6) is 5.75 Å². The van der Waals surface area contributed by atoms with Crippen molar-refractivity contribution in [1.82, 2.24) is 10.0 Å². The number of oxazole rings is 1. The first-order chi connectivity index (χ1) is 41.0. The maximum atomic E-state index is 14.2. The second-order valence-electron chi connectivity index (χ2n) is 21.0. The van der Waals surface area contributed by atoms with E-state index in [1.807, 2.05) is 96.1 Å². The highest BCUT2D eigenvalue weighted by Gasteiger charge is 2.33. The van der Waals surface area contributed by atoms with Gasteiger partial charge in [0.2, 0.25) is 39.1 Å². The van der Waals surface area contributed by atoms with E-state index in [0.717, 1.165) is 71.7 Å². The average Bonchev–Trinajstić information content (AvgIpc) is 1.83. The summed E-state index contributed by atoms with van der Waals surface area (Å²) in [6.45, 7) is 6.99. The number of anilines is 2. The molecule has 0 spiro atoms. The van der Waals surface area contributed by atoms with E-state index < -0.39 is 53.8 Å². The maximum Gasteiger partial charge on any atom is 0.374 e. The number of aromatic nitrogens is 2. The van der Waals surface area contributed by atoms with Gasteiger partial charge in [0.05, 0.1) is 54.4 Å². The number of hydrogen-bond donors (Lipinski definition) is 2. The van der Waals surface area contributed by atoms with Crippen LogP contribution in [0.1, 0.15) is 119 Å². The van der Waals surface area contributed by atoms with Gasteiger partial charge < -0.3 is 28.1 Å². The lowest BCUT2D eigenvalue weighted by Crippen LogP contribution is -2.50. The molecular formula is C61H66Cl2N6O12S5. The SMILES string of the molecule is CCCCC(NC(=O)CCCCCN1C(=CC(=Cc2oc3ccc4ccccc4c3[n+]2CCCS(=O)(=O)[O-])CC)Sc2ccc(C(=O)NS(C)(=O)=O)cc21)[n+]1c(C=C(C=C2Oc3ccc(Cl)cc3N2CCCS(=O)(=O)[O-])CC)sc2ccc(Cl)cc21. The maximum absolute atomic E-state index is 14.2. The number of unbranched alkanes of at least 4 members (excludes halogenated alkanes) is 3. The van der Waals surface area contributed by atoms with Crippen LogP contribution in [0.2, 0.25) is 10.0 Å². The molecule has 18 nitrogen and oxygen atoms in total. The number of sulfonamides is 1. The topological polar surface area (TPSA) is 243 Å². The second-order valence-corrected chi connectivity index (χ2v) is 28.8. The van der Waals surface area contributed by atoms with Crippen molar-refractivity contribution < 1.29 is 62.2 Å². The minimum Gasteiger partial charge on any atom is -0.748 e. The molecule has 2 aliphatic heterocycles. The van der Waals surface area contributed by atoms with Gasteiger partial charge in [0.25, 0.3) is 16.4 Å². The lowest BCUT2D eigenvalue weighted by molar-refractivity contribution is -0.700. The summed E-state index contributed by atoms with van der Waals surface area (Å²) in [6, 6.07) is 27.6. The number of rotatable bonds is 27. The molecule has 4 heterocycles. The molecule has 2 aliphatic rings. The zero-order valence-corrected chi connectivity index (χ0v) is 53.4. The number of thiazole rings is 1. The van der Waals surface area contributed by atoms with Gasteiger partial charge in [0.15, 0.2) is 12.3 Å². The van der Waals surface area contributed by atoms with Crippen LogP contribution in [0.3, 0.4) is 0 Å². The largest absolute Gasteiger partial charge is 0.748 e. The standard InChI is InChI=1S/C61H66Cl2N6O12S5/c1-5-8-18-54(69-49-39-45(63)23-27-53(49)83-59(69)36-41(7-3)33-56-66(29-14-31-85(74,75)76)47-38-44(62)22-25-50(47)80-56)64-55(70)19-10-9-13-28-67-48-37-43(61(71)65-84(4,72)73)21-26-52(48)82-58(67)35-40(6-2)34-57-68(30-15-32-86(77,78)79)60-46-17-12-11-16-42(46)20-24-51(60)81-57/h11-12,16-17,20-27,33-39,54H,5-10,13-15,18-19,28-32H2,1-4H3,(H2-2,64,65,70,71,74,75,76,77,78,79). The molecule has 1 atom stereocenters. The highest BCUT2D eigenvalue weighted by Crippen LogP contribution is 2.47. The summed E-state index contributed by atoms with van der Waals surface area (Å²) in [6.07, 6.45) is 14.0. The fourth-order valence-corrected chi connectivity index (χ4v) is 14.5. The predicted octanol–water partition coefficient (Wildman–Crippen LogP) is 12.1. The molecule has 0 saturated heterocycles. The highest BCUT2D eigenvalue weighted by atomic mass is 35.5. The van der Waals surface area contributed by atoms with Crippen LogP contribution in [0.25, 0.3) is 44.2 Å². The molecule has 456 valence electrons. The third-order valence-corrected chi connectivity index (χ3v) is 19.4. The van der Waals surface area contributed by atoms with E-state index in [-0.39, 0.29) is 43.8 Å². The van der Waals surface area contributed by atoms with E-state index in [1.165, 1.54) is 11.8 Å². The molecular weight excluding hydrogens is 1240 g/mol. The number of amides is 2. The van der Waals surface area contributed by atoms with Gasteiger partial charge in [-0.1, -0.05) is 104 Å². The fourth-order valence-electron chi connectivity index (χ4n) is 10.5. The third kappa shape index (κ3) is 16.3. The Balaban J connectivity index is 0.955. The summed E-state index contributed by atoms with van der Waals surface area (Å²) in [5, 5.41) is 7.93. The fraction of sp³-hybridized carbons (Fsp3) is 0.344. The molecule has 5 aromatic carbocycles. The van der Waals surface area contributed by atoms with Crippen molar-refractivity contribution in [3.8, 4) is 5.75 Å². The molecule has 0 saturated carbocycles. The number of aryl methyl sites for hydroxylation is 1. The van der Waals surface area contributed by atoms with Crippen molar-refractivity contribution in [2.75, 3.05) is 40.7 Å². The molecule has 0 bridgehead atoms. The summed E-state index contributed by atoms with van der Waals surface area (Å²) in [5.74, 6) is -0.520. The molecule has 0 fully saturated rings. The zero-order valence-electron chi connectivity index (χ0n) is 47.8. The van der Waals surface area contributed by atoms with Crippen LogP contribution in [-0.2, 0) is 41.6 Å². The third-order valence-electron chi connectivity index (χ3n) is 14.6. The molecule has 7 aromatic rings. The predicted molar refractivity (Wildman–Crippen MR) is 339 cm³/mol. The summed E-state index contributed by atoms with van der Waals surface area (Å²) in [7, 11) is -12.8. The Bertz CT molecular complexity index is 4220. The number of halogens is 2. The van der Waals surface area contributed by atoms with Crippen LogP contribution < -0.4 is 33.7 Å².